The molecule has 3 rings (SSSR count). The van der Waals surface area contributed by atoms with E-state index < -0.39 is 0 Å². The minimum Gasteiger partial charge on any atom is -0.326 e. The molecule has 3 aromatic rings. The fraction of sp³-hybridized carbons (Fsp3) is 0.200. The van der Waals surface area contributed by atoms with Gasteiger partial charge in [-0.15, -0.1) is 5.10 Å². The van der Waals surface area contributed by atoms with Crippen LogP contribution in [-0.4, -0.2) is 32.7 Å². The first-order chi connectivity index (χ1) is 13.4. The number of thioether (sulfide) groups is 1. The fourth-order valence-electron chi connectivity index (χ4n) is 2.50. The Morgan fingerprint density at radius 1 is 1.00 bits per heavy atom. The van der Waals surface area contributed by atoms with Crippen molar-refractivity contribution < 1.29 is 9.59 Å². The van der Waals surface area contributed by atoms with E-state index in [9.17, 15) is 9.59 Å². The Labute approximate surface area is 167 Å². The Bertz CT molecular complexity index is 998. The molecular formula is C20H21N5O2S. The van der Waals surface area contributed by atoms with E-state index in [-0.39, 0.29) is 17.6 Å². The summed E-state index contributed by atoms with van der Waals surface area (Å²) in [4.78, 5) is 27.6. The zero-order valence-corrected chi connectivity index (χ0v) is 16.7. The smallest absolute Gasteiger partial charge is 0.234 e. The van der Waals surface area contributed by atoms with Crippen molar-refractivity contribution in [1.82, 2.24) is 15.2 Å². The standard InChI is InChI=1S/C20H21N5O2S/c1-12-4-7-17(10-13(12)2)22-18(27)11-28-20-23-19(24-25-20)15-5-8-16(9-6-15)21-14(3)26/h4-10H,11H2,1-3H3,(H,21,26)(H,22,27)(H,23,24,25). The first-order valence-corrected chi connectivity index (χ1v) is 9.69. The molecule has 0 atom stereocenters. The number of H-pyrrole nitrogens is 1. The topological polar surface area (TPSA) is 99.8 Å². The van der Waals surface area contributed by atoms with Crippen molar-refractivity contribution in [3.63, 3.8) is 0 Å². The third kappa shape index (κ3) is 5.20. The van der Waals surface area contributed by atoms with Crippen molar-refractivity contribution in [3.8, 4) is 11.4 Å². The summed E-state index contributed by atoms with van der Waals surface area (Å²) in [7, 11) is 0. The Balaban J connectivity index is 1.56. The van der Waals surface area contributed by atoms with Crippen LogP contribution in [0.15, 0.2) is 47.6 Å². The van der Waals surface area contributed by atoms with E-state index in [0.29, 0.717) is 16.7 Å². The summed E-state index contributed by atoms with van der Waals surface area (Å²) in [6, 6.07) is 13.1. The van der Waals surface area contributed by atoms with E-state index in [2.05, 4.69) is 25.8 Å². The van der Waals surface area contributed by atoms with Crippen molar-refractivity contribution in [1.29, 1.82) is 0 Å². The summed E-state index contributed by atoms with van der Waals surface area (Å²) >= 11 is 1.26. The second-order valence-electron chi connectivity index (χ2n) is 6.36. The fourth-order valence-corrected chi connectivity index (χ4v) is 3.10. The van der Waals surface area contributed by atoms with Crippen LogP contribution in [0.25, 0.3) is 11.4 Å². The lowest BCUT2D eigenvalue weighted by Crippen LogP contribution is -2.14. The summed E-state index contributed by atoms with van der Waals surface area (Å²) in [5.74, 6) is 0.585. The lowest BCUT2D eigenvalue weighted by Gasteiger charge is -2.06. The highest BCUT2D eigenvalue weighted by molar-refractivity contribution is 7.99. The van der Waals surface area contributed by atoms with Crippen molar-refractivity contribution in [3.05, 3.63) is 53.6 Å². The van der Waals surface area contributed by atoms with E-state index in [1.807, 2.05) is 44.2 Å². The molecule has 0 saturated heterocycles. The number of carbonyl (C=O) groups is 2. The molecule has 1 heterocycles. The maximum absolute atomic E-state index is 12.2. The second kappa shape index (κ2) is 8.71. The van der Waals surface area contributed by atoms with Crippen LogP contribution in [0.4, 0.5) is 11.4 Å². The number of rotatable bonds is 6. The number of aromatic amines is 1. The number of aryl methyl sites for hydroxylation is 2. The highest BCUT2D eigenvalue weighted by atomic mass is 32.2. The van der Waals surface area contributed by atoms with Gasteiger partial charge in [0.1, 0.15) is 0 Å². The van der Waals surface area contributed by atoms with E-state index in [1.165, 1.54) is 24.2 Å². The van der Waals surface area contributed by atoms with E-state index in [1.54, 1.807) is 12.1 Å². The number of amides is 2. The van der Waals surface area contributed by atoms with Gasteiger partial charge in [0, 0.05) is 23.9 Å². The molecule has 2 aromatic carbocycles. The van der Waals surface area contributed by atoms with Crippen LogP contribution in [0.5, 0.6) is 0 Å². The van der Waals surface area contributed by atoms with Crippen molar-refractivity contribution in [2.45, 2.75) is 25.9 Å². The zero-order valence-electron chi connectivity index (χ0n) is 15.9. The Morgan fingerprint density at radius 3 is 2.39 bits per heavy atom. The van der Waals surface area contributed by atoms with Crippen LogP contribution in [0, 0.1) is 13.8 Å². The molecule has 2 amide bonds. The van der Waals surface area contributed by atoms with Crippen LogP contribution in [0.1, 0.15) is 18.1 Å². The molecule has 7 nitrogen and oxygen atoms in total. The van der Waals surface area contributed by atoms with Crippen LogP contribution in [0.3, 0.4) is 0 Å². The number of hydrogen-bond acceptors (Lipinski definition) is 5. The van der Waals surface area contributed by atoms with Gasteiger partial charge >= 0.3 is 0 Å². The van der Waals surface area contributed by atoms with Crippen LogP contribution < -0.4 is 10.6 Å². The van der Waals surface area contributed by atoms with Crippen molar-refractivity contribution in [2.24, 2.45) is 0 Å². The quantitative estimate of drug-likeness (QED) is 0.552. The third-order valence-electron chi connectivity index (χ3n) is 4.07. The Kier molecular flexibility index (Phi) is 6.10. The summed E-state index contributed by atoms with van der Waals surface area (Å²) in [6.45, 7) is 5.51. The maximum Gasteiger partial charge on any atom is 0.234 e. The van der Waals surface area contributed by atoms with E-state index in [4.69, 9.17) is 0 Å². The number of nitrogens with one attached hydrogen (secondary N) is 3. The van der Waals surface area contributed by atoms with E-state index >= 15 is 0 Å². The van der Waals surface area contributed by atoms with Crippen LogP contribution in [0.2, 0.25) is 0 Å². The molecule has 0 aliphatic heterocycles. The first kappa shape index (κ1) is 19.6. The molecule has 0 aliphatic carbocycles. The highest BCUT2D eigenvalue weighted by Crippen LogP contribution is 2.21. The maximum atomic E-state index is 12.2. The van der Waals surface area contributed by atoms with Gasteiger partial charge < -0.3 is 10.6 Å². The monoisotopic (exact) mass is 395 g/mol. The zero-order chi connectivity index (χ0) is 20.1. The molecule has 8 heteroatoms. The molecule has 0 unspecified atom stereocenters. The number of aromatic nitrogens is 3. The molecule has 0 aliphatic rings. The first-order valence-electron chi connectivity index (χ1n) is 8.71. The third-order valence-corrected chi connectivity index (χ3v) is 4.91. The molecule has 0 fully saturated rings. The molecule has 0 bridgehead atoms. The summed E-state index contributed by atoms with van der Waals surface area (Å²) in [5.41, 5.74) is 4.66. The van der Waals surface area contributed by atoms with Gasteiger partial charge in [0.25, 0.3) is 0 Å². The molecule has 28 heavy (non-hydrogen) atoms. The average Bonchev–Trinajstić information content (AvgIpc) is 3.12. The number of anilines is 2. The minimum atomic E-state index is -0.120. The van der Waals surface area contributed by atoms with Gasteiger partial charge in [-0.25, -0.2) is 4.98 Å². The molecule has 0 saturated carbocycles. The summed E-state index contributed by atoms with van der Waals surface area (Å²) < 4.78 is 0. The molecule has 0 spiro atoms. The van der Waals surface area contributed by atoms with Crippen molar-refractivity contribution in [2.75, 3.05) is 16.4 Å². The predicted molar refractivity (Wildman–Crippen MR) is 111 cm³/mol. The van der Waals surface area contributed by atoms with Gasteiger partial charge in [-0.05, 0) is 61.4 Å². The molecule has 144 valence electrons. The largest absolute Gasteiger partial charge is 0.326 e. The SMILES string of the molecule is CC(=O)Nc1ccc(-c2nc(SCC(=O)Nc3ccc(C)c(C)c3)n[nH]2)cc1. The Hall–Kier alpha value is -3.13. The highest BCUT2D eigenvalue weighted by Gasteiger charge is 2.10. The molecule has 3 N–H and O–H groups in total. The number of carbonyl (C=O) groups excluding carboxylic acids is 2. The predicted octanol–water partition coefficient (Wildman–Crippen LogP) is 3.78. The van der Waals surface area contributed by atoms with E-state index in [0.717, 1.165) is 16.8 Å². The minimum absolute atomic E-state index is 0.112. The van der Waals surface area contributed by atoms with Gasteiger partial charge in [0.2, 0.25) is 17.0 Å². The van der Waals surface area contributed by atoms with Gasteiger partial charge in [0.05, 0.1) is 5.75 Å². The lowest BCUT2D eigenvalue weighted by atomic mass is 10.1. The second-order valence-corrected chi connectivity index (χ2v) is 7.30. The summed E-state index contributed by atoms with van der Waals surface area (Å²) in [5, 5.41) is 13.1. The summed E-state index contributed by atoms with van der Waals surface area (Å²) in [6.07, 6.45) is 0. The molecule has 1 aromatic heterocycles. The number of benzene rings is 2. The van der Waals surface area contributed by atoms with Gasteiger partial charge in [-0.2, -0.15) is 0 Å². The molecule has 0 radical (unpaired) electrons. The van der Waals surface area contributed by atoms with Crippen LogP contribution >= 0.6 is 11.8 Å². The average molecular weight is 395 g/mol. The molecular weight excluding hydrogens is 374 g/mol. The Morgan fingerprint density at radius 2 is 1.71 bits per heavy atom. The van der Waals surface area contributed by atoms with Crippen LogP contribution in [-0.2, 0) is 9.59 Å². The van der Waals surface area contributed by atoms with Crippen molar-refractivity contribution >= 4 is 35.0 Å². The number of hydrogen-bond donors (Lipinski definition) is 3. The van der Waals surface area contributed by atoms with Gasteiger partial charge in [0.15, 0.2) is 5.82 Å². The lowest BCUT2D eigenvalue weighted by molar-refractivity contribution is -0.114. The normalized spacial score (nSPS) is 10.5. The van der Waals surface area contributed by atoms with Gasteiger partial charge in [-0.1, -0.05) is 17.8 Å². The number of nitrogens with zero attached hydrogens (tertiary/aromatic N) is 2. The van der Waals surface area contributed by atoms with Gasteiger partial charge in [-0.3, -0.25) is 14.7 Å².